The highest BCUT2D eigenvalue weighted by Crippen LogP contribution is 2.22. The maximum absolute atomic E-state index is 11.9. The minimum absolute atomic E-state index is 0.0595. The van der Waals surface area contributed by atoms with Gasteiger partial charge in [-0.3, -0.25) is 4.79 Å². The number of halogens is 1. The summed E-state index contributed by atoms with van der Waals surface area (Å²) in [6, 6.07) is 6.95. The van der Waals surface area contributed by atoms with Crippen molar-refractivity contribution in [2.45, 2.75) is 13.0 Å². The lowest BCUT2D eigenvalue weighted by molar-refractivity contribution is -0.116. The molecule has 0 aliphatic carbocycles. The molecule has 2 rings (SSSR count). The molecule has 0 saturated carbocycles. The van der Waals surface area contributed by atoms with Crippen LogP contribution in [-0.4, -0.2) is 24.4 Å². The number of anilines is 2. The van der Waals surface area contributed by atoms with Crippen LogP contribution in [0.5, 0.6) is 0 Å². The van der Waals surface area contributed by atoms with Crippen molar-refractivity contribution in [3.63, 3.8) is 0 Å². The first-order valence-electron chi connectivity index (χ1n) is 6.59. The van der Waals surface area contributed by atoms with E-state index in [1.165, 1.54) is 0 Å². The smallest absolute Gasteiger partial charge is 0.225 e. The molecule has 2 aromatic rings. The van der Waals surface area contributed by atoms with Gasteiger partial charge in [-0.25, -0.2) is 0 Å². The summed E-state index contributed by atoms with van der Waals surface area (Å²) in [7, 11) is 1.96. The molecule has 1 aromatic heterocycles. The lowest BCUT2D eigenvalue weighted by Gasteiger charge is -2.15. The number of carbonyl (C=O) groups is 1. The summed E-state index contributed by atoms with van der Waals surface area (Å²) < 4.78 is 5.01. The lowest BCUT2D eigenvalue weighted by Crippen LogP contribution is -2.23. The van der Waals surface area contributed by atoms with Crippen molar-refractivity contribution < 1.29 is 9.21 Å². The average Bonchev–Trinajstić information content (AvgIpc) is 2.93. The predicted octanol–water partition coefficient (Wildman–Crippen LogP) is 2.98. The van der Waals surface area contributed by atoms with Gasteiger partial charge in [0.2, 0.25) is 5.91 Å². The van der Waals surface area contributed by atoms with Gasteiger partial charge >= 0.3 is 0 Å². The third-order valence-corrected chi connectivity index (χ3v) is 3.38. The summed E-state index contributed by atoms with van der Waals surface area (Å²) in [5.41, 5.74) is 7.88. The first kappa shape index (κ1) is 15.4. The normalized spacial score (nSPS) is 10.8. The minimum atomic E-state index is -0.0595. The highest BCUT2D eigenvalue weighted by atomic mass is 35.5. The molecule has 0 atom stereocenters. The molecule has 0 saturated heterocycles. The summed E-state index contributed by atoms with van der Waals surface area (Å²) in [6.07, 6.45) is 3.74. The van der Waals surface area contributed by atoms with Crippen LogP contribution in [0.15, 0.2) is 41.2 Å². The van der Waals surface area contributed by atoms with Gasteiger partial charge in [0.25, 0.3) is 0 Å². The van der Waals surface area contributed by atoms with E-state index in [4.69, 9.17) is 21.8 Å². The molecule has 0 aliphatic rings. The fourth-order valence-corrected chi connectivity index (χ4v) is 2.03. The molecule has 1 amide bonds. The third kappa shape index (κ3) is 4.81. The van der Waals surface area contributed by atoms with Crippen LogP contribution in [0.4, 0.5) is 11.4 Å². The Morgan fingerprint density at radius 3 is 2.90 bits per heavy atom. The van der Waals surface area contributed by atoms with Crippen molar-refractivity contribution in [2.75, 3.05) is 24.6 Å². The molecule has 0 fully saturated rings. The number of hydrogen-bond donors (Lipinski definition) is 2. The van der Waals surface area contributed by atoms with Crippen LogP contribution in [0.3, 0.4) is 0 Å². The number of amides is 1. The van der Waals surface area contributed by atoms with E-state index in [-0.39, 0.29) is 5.91 Å². The number of benzene rings is 1. The summed E-state index contributed by atoms with van der Waals surface area (Å²) in [5.74, 6) is -0.0595. The standard InChI is InChI=1S/C15H18ClN3O2/c1-19(9-11-5-7-21-10-11)6-4-15(20)18-12-2-3-13(16)14(17)8-12/h2-3,5,7-8,10H,4,6,9,17H2,1H3,(H,18,20). The van der Waals surface area contributed by atoms with Gasteiger partial charge in [0.05, 0.1) is 23.2 Å². The molecule has 1 heterocycles. The Bertz CT molecular complexity index is 599. The van der Waals surface area contributed by atoms with E-state index in [0.717, 1.165) is 12.1 Å². The van der Waals surface area contributed by atoms with Gasteiger partial charge in [0.1, 0.15) is 0 Å². The molecule has 0 spiro atoms. The van der Waals surface area contributed by atoms with Crippen LogP contribution >= 0.6 is 11.6 Å². The lowest BCUT2D eigenvalue weighted by atomic mass is 10.2. The number of rotatable bonds is 6. The van der Waals surface area contributed by atoms with Crippen LogP contribution in [0, 0.1) is 0 Å². The van der Waals surface area contributed by atoms with Crippen molar-refractivity contribution >= 4 is 28.9 Å². The molecule has 21 heavy (non-hydrogen) atoms. The van der Waals surface area contributed by atoms with Crippen LogP contribution in [0.1, 0.15) is 12.0 Å². The quantitative estimate of drug-likeness (QED) is 0.805. The zero-order valence-electron chi connectivity index (χ0n) is 11.8. The number of nitrogens with two attached hydrogens (primary N) is 1. The summed E-state index contributed by atoms with van der Waals surface area (Å²) in [6.45, 7) is 1.40. The molecular formula is C15H18ClN3O2. The first-order valence-corrected chi connectivity index (χ1v) is 6.97. The second kappa shape index (κ2) is 7.15. The highest BCUT2D eigenvalue weighted by molar-refractivity contribution is 6.33. The van der Waals surface area contributed by atoms with Gasteiger partial charge in [0.15, 0.2) is 0 Å². The van der Waals surface area contributed by atoms with Gasteiger partial charge in [0, 0.05) is 30.8 Å². The predicted molar refractivity (Wildman–Crippen MR) is 84.2 cm³/mol. The fraction of sp³-hybridized carbons (Fsp3) is 0.267. The van der Waals surface area contributed by atoms with Crippen LogP contribution < -0.4 is 11.1 Å². The van der Waals surface area contributed by atoms with Gasteiger partial charge in [-0.15, -0.1) is 0 Å². The Morgan fingerprint density at radius 2 is 2.24 bits per heavy atom. The molecule has 0 radical (unpaired) electrons. The molecular weight excluding hydrogens is 290 g/mol. The molecule has 5 nitrogen and oxygen atoms in total. The summed E-state index contributed by atoms with van der Waals surface area (Å²) in [4.78, 5) is 13.9. The Labute approximate surface area is 128 Å². The number of hydrogen-bond acceptors (Lipinski definition) is 4. The van der Waals surface area contributed by atoms with Gasteiger partial charge in [-0.05, 0) is 31.3 Å². The van der Waals surface area contributed by atoms with E-state index in [0.29, 0.717) is 29.4 Å². The van der Waals surface area contributed by atoms with Gasteiger partial charge < -0.3 is 20.4 Å². The maximum atomic E-state index is 11.9. The zero-order chi connectivity index (χ0) is 15.2. The van der Waals surface area contributed by atoms with E-state index < -0.39 is 0 Å². The summed E-state index contributed by atoms with van der Waals surface area (Å²) in [5, 5.41) is 3.28. The van der Waals surface area contributed by atoms with E-state index in [2.05, 4.69) is 10.2 Å². The average molecular weight is 308 g/mol. The molecule has 0 unspecified atom stereocenters. The van der Waals surface area contributed by atoms with E-state index in [1.54, 1.807) is 30.7 Å². The van der Waals surface area contributed by atoms with Crippen molar-refractivity contribution in [1.29, 1.82) is 0 Å². The molecule has 0 aliphatic heterocycles. The van der Waals surface area contributed by atoms with Crippen LogP contribution in [0.2, 0.25) is 5.02 Å². The second-order valence-corrected chi connectivity index (χ2v) is 5.31. The molecule has 112 valence electrons. The maximum Gasteiger partial charge on any atom is 0.225 e. The largest absolute Gasteiger partial charge is 0.472 e. The number of nitrogens with one attached hydrogen (secondary N) is 1. The van der Waals surface area contributed by atoms with E-state index in [9.17, 15) is 4.79 Å². The Kier molecular flexibility index (Phi) is 5.25. The van der Waals surface area contributed by atoms with Crippen LogP contribution in [0.25, 0.3) is 0 Å². The Morgan fingerprint density at radius 1 is 1.43 bits per heavy atom. The van der Waals surface area contributed by atoms with Gasteiger partial charge in [-0.1, -0.05) is 11.6 Å². The van der Waals surface area contributed by atoms with E-state index >= 15 is 0 Å². The SMILES string of the molecule is CN(CCC(=O)Nc1ccc(Cl)c(N)c1)Cc1ccoc1. The zero-order valence-corrected chi connectivity index (χ0v) is 12.6. The molecule has 6 heteroatoms. The first-order chi connectivity index (χ1) is 10.0. The van der Waals surface area contributed by atoms with Crippen molar-refractivity contribution in [2.24, 2.45) is 0 Å². The van der Waals surface area contributed by atoms with Crippen molar-refractivity contribution in [3.8, 4) is 0 Å². The highest BCUT2D eigenvalue weighted by Gasteiger charge is 2.07. The Balaban J connectivity index is 1.77. The Hall–Kier alpha value is -1.98. The number of nitrogen functional groups attached to an aromatic ring is 1. The third-order valence-electron chi connectivity index (χ3n) is 3.03. The molecule has 3 N–H and O–H groups in total. The van der Waals surface area contributed by atoms with Crippen molar-refractivity contribution in [1.82, 2.24) is 4.90 Å². The van der Waals surface area contributed by atoms with E-state index in [1.807, 2.05) is 13.1 Å². The molecule has 0 bridgehead atoms. The number of nitrogens with zero attached hydrogens (tertiary/aromatic N) is 1. The summed E-state index contributed by atoms with van der Waals surface area (Å²) >= 11 is 5.84. The number of carbonyl (C=O) groups excluding carboxylic acids is 1. The van der Waals surface area contributed by atoms with Gasteiger partial charge in [-0.2, -0.15) is 0 Å². The topological polar surface area (TPSA) is 71.5 Å². The molecule has 1 aromatic carbocycles. The monoisotopic (exact) mass is 307 g/mol. The second-order valence-electron chi connectivity index (χ2n) is 4.90. The number of furan rings is 1. The van der Waals surface area contributed by atoms with Crippen LogP contribution in [-0.2, 0) is 11.3 Å². The minimum Gasteiger partial charge on any atom is -0.472 e. The van der Waals surface area contributed by atoms with Crippen molar-refractivity contribution in [3.05, 3.63) is 47.4 Å². The fourth-order valence-electron chi connectivity index (χ4n) is 1.91.